The standard InChI is InChI=1S/C11H14N4/c12-10-14-7-6-11(13,15-10)8-9-4-2-1-3-5-9/h1-7H,8,13H2,(H3,12,14,15). The summed E-state index contributed by atoms with van der Waals surface area (Å²) in [6.45, 7) is 0. The molecule has 15 heavy (non-hydrogen) atoms. The van der Waals surface area contributed by atoms with Gasteiger partial charge in [-0.1, -0.05) is 30.3 Å². The van der Waals surface area contributed by atoms with Crippen LogP contribution in [-0.4, -0.2) is 11.6 Å². The van der Waals surface area contributed by atoms with Crippen LogP contribution in [0.3, 0.4) is 0 Å². The molecule has 1 heterocycles. The third-order valence-electron chi connectivity index (χ3n) is 2.26. The summed E-state index contributed by atoms with van der Waals surface area (Å²) in [6, 6.07) is 9.99. The van der Waals surface area contributed by atoms with E-state index < -0.39 is 5.66 Å². The van der Waals surface area contributed by atoms with Crippen LogP contribution in [0.1, 0.15) is 5.56 Å². The second-order valence-electron chi connectivity index (χ2n) is 3.63. The molecule has 0 saturated heterocycles. The Morgan fingerprint density at radius 1 is 1.27 bits per heavy atom. The van der Waals surface area contributed by atoms with Crippen molar-refractivity contribution in [2.75, 3.05) is 0 Å². The molecule has 5 N–H and O–H groups in total. The van der Waals surface area contributed by atoms with Crippen molar-refractivity contribution in [2.24, 2.45) is 16.5 Å². The second kappa shape index (κ2) is 3.74. The summed E-state index contributed by atoms with van der Waals surface area (Å²) in [6.07, 6.45) is 4.19. The van der Waals surface area contributed by atoms with Crippen LogP contribution < -0.4 is 16.8 Å². The highest BCUT2D eigenvalue weighted by atomic mass is 15.2. The van der Waals surface area contributed by atoms with Gasteiger partial charge in [0.2, 0.25) is 0 Å². The monoisotopic (exact) mass is 202 g/mol. The van der Waals surface area contributed by atoms with Crippen LogP contribution in [0, 0.1) is 0 Å². The first-order valence-electron chi connectivity index (χ1n) is 4.80. The van der Waals surface area contributed by atoms with Gasteiger partial charge in [0.15, 0.2) is 5.96 Å². The number of rotatable bonds is 2. The summed E-state index contributed by atoms with van der Waals surface area (Å²) < 4.78 is 0. The Hall–Kier alpha value is -1.81. The van der Waals surface area contributed by atoms with E-state index in [-0.39, 0.29) is 0 Å². The van der Waals surface area contributed by atoms with E-state index in [0.717, 1.165) is 5.56 Å². The lowest BCUT2D eigenvalue weighted by atomic mass is 10.0. The molecule has 4 nitrogen and oxygen atoms in total. The largest absolute Gasteiger partial charge is 0.370 e. The quantitative estimate of drug-likeness (QED) is 0.646. The molecule has 0 fully saturated rings. The maximum atomic E-state index is 6.09. The lowest BCUT2D eigenvalue weighted by Gasteiger charge is -2.25. The Balaban J connectivity index is 2.18. The number of hydrogen-bond donors (Lipinski definition) is 3. The molecule has 2 rings (SSSR count). The molecular formula is C11H14N4. The first-order valence-corrected chi connectivity index (χ1v) is 4.80. The van der Waals surface area contributed by atoms with Crippen molar-refractivity contribution in [1.29, 1.82) is 0 Å². The number of benzene rings is 1. The first-order chi connectivity index (χ1) is 7.18. The smallest absolute Gasteiger partial charge is 0.194 e. The van der Waals surface area contributed by atoms with Crippen LogP contribution in [0.4, 0.5) is 0 Å². The van der Waals surface area contributed by atoms with Gasteiger partial charge in [0, 0.05) is 12.6 Å². The van der Waals surface area contributed by atoms with Crippen molar-refractivity contribution in [3.8, 4) is 0 Å². The fraction of sp³-hybridized carbons (Fsp3) is 0.182. The highest BCUT2D eigenvalue weighted by Gasteiger charge is 2.23. The van der Waals surface area contributed by atoms with E-state index in [1.165, 1.54) is 0 Å². The van der Waals surface area contributed by atoms with Crippen LogP contribution in [0.5, 0.6) is 0 Å². The molecule has 0 saturated carbocycles. The van der Waals surface area contributed by atoms with Gasteiger partial charge in [0.25, 0.3) is 0 Å². The maximum absolute atomic E-state index is 6.09. The van der Waals surface area contributed by atoms with Crippen molar-refractivity contribution >= 4 is 5.96 Å². The van der Waals surface area contributed by atoms with Crippen LogP contribution >= 0.6 is 0 Å². The van der Waals surface area contributed by atoms with E-state index in [1.54, 1.807) is 6.20 Å². The Kier molecular flexibility index (Phi) is 2.43. The van der Waals surface area contributed by atoms with Crippen LogP contribution in [0.25, 0.3) is 0 Å². The van der Waals surface area contributed by atoms with Crippen molar-refractivity contribution in [2.45, 2.75) is 12.1 Å². The van der Waals surface area contributed by atoms with Crippen LogP contribution in [0.2, 0.25) is 0 Å². The molecule has 1 atom stereocenters. The first kappa shape index (κ1) is 9.73. The minimum absolute atomic E-state index is 0.357. The summed E-state index contributed by atoms with van der Waals surface area (Å²) in [5.41, 5.74) is 12.1. The minimum atomic E-state index is -0.726. The highest BCUT2D eigenvalue weighted by Crippen LogP contribution is 2.15. The average Bonchev–Trinajstić information content (AvgIpc) is 2.18. The van der Waals surface area contributed by atoms with Crippen molar-refractivity contribution in [3.05, 3.63) is 48.2 Å². The SMILES string of the molecule is NC1=NC(N)(Cc2ccccc2)C=CN1. The average molecular weight is 202 g/mol. The molecule has 0 aliphatic carbocycles. The predicted octanol–water partition coefficient (Wildman–Crippen LogP) is 0.316. The zero-order valence-corrected chi connectivity index (χ0v) is 8.35. The van der Waals surface area contributed by atoms with Gasteiger partial charge in [-0.15, -0.1) is 0 Å². The van der Waals surface area contributed by atoms with Gasteiger partial charge in [-0.25, -0.2) is 4.99 Å². The molecule has 78 valence electrons. The molecule has 4 heteroatoms. The normalized spacial score (nSPS) is 24.5. The van der Waals surface area contributed by atoms with Gasteiger partial charge < -0.3 is 16.8 Å². The predicted molar refractivity (Wildman–Crippen MR) is 61.0 cm³/mol. The molecule has 1 aliphatic heterocycles. The molecule has 0 aromatic heterocycles. The molecule has 0 bridgehead atoms. The number of nitrogens with two attached hydrogens (primary N) is 2. The highest BCUT2D eigenvalue weighted by molar-refractivity contribution is 5.80. The summed E-state index contributed by atoms with van der Waals surface area (Å²) in [5, 5.41) is 2.79. The number of nitrogens with zero attached hydrogens (tertiary/aromatic N) is 1. The molecule has 0 radical (unpaired) electrons. The molecule has 1 aromatic carbocycles. The van der Waals surface area contributed by atoms with E-state index >= 15 is 0 Å². The number of hydrogen-bond acceptors (Lipinski definition) is 4. The van der Waals surface area contributed by atoms with E-state index in [0.29, 0.717) is 12.4 Å². The summed E-state index contributed by atoms with van der Waals surface area (Å²) >= 11 is 0. The third kappa shape index (κ3) is 2.35. The Morgan fingerprint density at radius 3 is 2.67 bits per heavy atom. The minimum Gasteiger partial charge on any atom is -0.370 e. The fourth-order valence-electron chi connectivity index (χ4n) is 1.59. The second-order valence-corrected chi connectivity index (χ2v) is 3.63. The van der Waals surface area contributed by atoms with E-state index in [4.69, 9.17) is 11.5 Å². The third-order valence-corrected chi connectivity index (χ3v) is 2.26. The summed E-state index contributed by atoms with van der Waals surface area (Å²) in [5.74, 6) is 0.357. The molecule has 0 spiro atoms. The number of aliphatic imine (C=N–C) groups is 1. The van der Waals surface area contributed by atoms with Crippen molar-refractivity contribution in [3.63, 3.8) is 0 Å². The number of guanidine groups is 1. The van der Waals surface area contributed by atoms with Crippen LogP contribution in [-0.2, 0) is 6.42 Å². The van der Waals surface area contributed by atoms with E-state index in [1.807, 2.05) is 36.4 Å². The zero-order chi connectivity index (χ0) is 10.7. The van der Waals surface area contributed by atoms with Gasteiger partial charge in [-0.2, -0.15) is 0 Å². The Morgan fingerprint density at radius 2 is 2.00 bits per heavy atom. The Labute approximate surface area is 88.7 Å². The van der Waals surface area contributed by atoms with E-state index in [2.05, 4.69) is 10.3 Å². The van der Waals surface area contributed by atoms with E-state index in [9.17, 15) is 0 Å². The molecule has 1 aromatic rings. The van der Waals surface area contributed by atoms with Gasteiger partial charge in [0.1, 0.15) is 5.66 Å². The maximum Gasteiger partial charge on any atom is 0.194 e. The topological polar surface area (TPSA) is 76.4 Å². The summed E-state index contributed by atoms with van der Waals surface area (Å²) in [4.78, 5) is 4.18. The molecule has 1 aliphatic rings. The summed E-state index contributed by atoms with van der Waals surface area (Å²) in [7, 11) is 0. The van der Waals surface area contributed by atoms with Crippen molar-refractivity contribution < 1.29 is 0 Å². The molecule has 0 amide bonds. The zero-order valence-electron chi connectivity index (χ0n) is 8.35. The molecule has 1 unspecified atom stereocenters. The Bertz CT molecular complexity index is 396. The van der Waals surface area contributed by atoms with Gasteiger partial charge in [-0.3, -0.25) is 0 Å². The van der Waals surface area contributed by atoms with Gasteiger partial charge in [-0.05, 0) is 11.6 Å². The lowest BCUT2D eigenvalue weighted by Crippen LogP contribution is -2.45. The van der Waals surface area contributed by atoms with Crippen LogP contribution in [0.15, 0.2) is 47.6 Å². The van der Waals surface area contributed by atoms with Crippen molar-refractivity contribution in [1.82, 2.24) is 5.32 Å². The fourth-order valence-corrected chi connectivity index (χ4v) is 1.59. The van der Waals surface area contributed by atoms with Gasteiger partial charge >= 0.3 is 0 Å². The number of nitrogens with one attached hydrogen (secondary N) is 1. The van der Waals surface area contributed by atoms with Gasteiger partial charge in [0.05, 0.1) is 0 Å². The molecular weight excluding hydrogens is 188 g/mol. The lowest BCUT2D eigenvalue weighted by molar-refractivity contribution is 0.542.